The summed E-state index contributed by atoms with van der Waals surface area (Å²) in [5, 5.41) is 10.0. The van der Waals surface area contributed by atoms with Crippen LogP contribution in [0.25, 0.3) is 11.5 Å². The lowest BCUT2D eigenvalue weighted by Gasteiger charge is -2.17. The third-order valence-electron chi connectivity index (χ3n) is 4.44. The molecule has 1 aliphatic rings. The van der Waals surface area contributed by atoms with E-state index in [-0.39, 0.29) is 11.9 Å². The second kappa shape index (κ2) is 6.62. The number of carbonyl (C=O) groups is 1. The molecule has 2 aromatic heterocycles. The van der Waals surface area contributed by atoms with Gasteiger partial charge in [0.15, 0.2) is 5.82 Å². The number of urea groups is 1. The van der Waals surface area contributed by atoms with Crippen LogP contribution >= 0.6 is 0 Å². The number of aromatic nitrogens is 4. The van der Waals surface area contributed by atoms with Crippen LogP contribution in [0.2, 0.25) is 0 Å². The van der Waals surface area contributed by atoms with Gasteiger partial charge in [-0.15, -0.1) is 0 Å². The molecule has 26 heavy (non-hydrogen) atoms. The first kappa shape index (κ1) is 16.3. The van der Waals surface area contributed by atoms with Gasteiger partial charge in [-0.1, -0.05) is 6.07 Å². The van der Waals surface area contributed by atoms with Gasteiger partial charge in [0.2, 0.25) is 5.89 Å². The van der Waals surface area contributed by atoms with Gasteiger partial charge in [-0.25, -0.2) is 14.8 Å². The van der Waals surface area contributed by atoms with Crippen molar-refractivity contribution in [3.8, 4) is 11.5 Å². The van der Waals surface area contributed by atoms with Crippen LogP contribution in [-0.4, -0.2) is 44.2 Å². The molecule has 3 aromatic rings. The quantitative estimate of drug-likeness (QED) is 0.754. The Hall–Kier alpha value is -3.16. The van der Waals surface area contributed by atoms with Gasteiger partial charge in [0.1, 0.15) is 11.6 Å². The van der Waals surface area contributed by atoms with Crippen LogP contribution in [0, 0.1) is 13.8 Å². The number of benzene rings is 1. The van der Waals surface area contributed by atoms with Crippen LogP contribution in [-0.2, 0) is 0 Å². The van der Waals surface area contributed by atoms with Crippen molar-refractivity contribution in [2.45, 2.75) is 26.2 Å². The molecule has 1 fully saturated rings. The molecular formula is C18H20N6O2. The predicted octanol–water partition coefficient (Wildman–Crippen LogP) is 3.10. The zero-order valence-corrected chi connectivity index (χ0v) is 14.7. The Bertz CT molecular complexity index is 931. The van der Waals surface area contributed by atoms with Crippen LogP contribution in [0.1, 0.15) is 29.7 Å². The lowest BCUT2D eigenvalue weighted by Crippen LogP contribution is -2.32. The number of rotatable bonds is 3. The summed E-state index contributed by atoms with van der Waals surface area (Å²) in [6.07, 6.45) is 2.54. The Kier molecular flexibility index (Phi) is 4.16. The molecule has 0 bridgehead atoms. The lowest BCUT2D eigenvalue weighted by molar-refractivity contribution is 0.222. The van der Waals surface area contributed by atoms with Gasteiger partial charge >= 0.3 is 6.03 Å². The van der Waals surface area contributed by atoms with E-state index < -0.39 is 0 Å². The molecule has 8 heteroatoms. The average Bonchev–Trinajstić information content (AvgIpc) is 3.35. The Labute approximate surface area is 150 Å². The number of anilines is 1. The van der Waals surface area contributed by atoms with Crippen molar-refractivity contribution >= 4 is 11.7 Å². The topological polar surface area (TPSA) is 99.9 Å². The largest absolute Gasteiger partial charge is 0.441 e. The molecule has 0 spiro atoms. The average molecular weight is 352 g/mol. The minimum absolute atomic E-state index is 0.125. The molecule has 1 atom stereocenters. The second-order valence-electron chi connectivity index (χ2n) is 6.50. The standard InChI is InChI=1S/C18H20N6O2/c1-11-9-19-17(26-11)13-4-3-5-15(8-13)21-18(25)24-7-6-14(10-24)16-20-12(2)22-23-16/h3-5,8-9,14H,6-7,10H2,1-2H3,(H,21,25)(H,20,22,23). The number of hydrogen-bond acceptors (Lipinski definition) is 5. The maximum Gasteiger partial charge on any atom is 0.321 e. The van der Waals surface area contributed by atoms with Crippen molar-refractivity contribution in [2.24, 2.45) is 0 Å². The van der Waals surface area contributed by atoms with E-state index in [0.717, 1.165) is 29.4 Å². The van der Waals surface area contributed by atoms with Crippen LogP contribution < -0.4 is 5.32 Å². The minimum atomic E-state index is -0.125. The molecule has 3 heterocycles. The summed E-state index contributed by atoms with van der Waals surface area (Å²) in [6, 6.07) is 7.35. The second-order valence-corrected chi connectivity index (χ2v) is 6.50. The highest BCUT2D eigenvalue weighted by atomic mass is 16.4. The first-order valence-corrected chi connectivity index (χ1v) is 8.56. The predicted molar refractivity (Wildman–Crippen MR) is 95.7 cm³/mol. The van der Waals surface area contributed by atoms with E-state index in [4.69, 9.17) is 4.42 Å². The van der Waals surface area contributed by atoms with Gasteiger partial charge in [-0.2, -0.15) is 5.10 Å². The fourth-order valence-electron chi connectivity index (χ4n) is 3.12. The van der Waals surface area contributed by atoms with Crippen molar-refractivity contribution in [1.29, 1.82) is 0 Å². The number of amides is 2. The Balaban J connectivity index is 1.42. The maximum absolute atomic E-state index is 12.6. The summed E-state index contributed by atoms with van der Waals surface area (Å²) in [5.41, 5.74) is 1.53. The van der Waals surface area contributed by atoms with Gasteiger partial charge in [0.25, 0.3) is 0 Å². The van der Waals surface area contributed by atoms with E-state index in [0.29, 0.717) is 24.7 Å². The molecule has 4 rings (SSSR count). The number of nitrogens with one attached hydrogen (secondary N) is 2. The number of oxazole rings is 1. The Morgan fingerprint density at radius 3 is 3.00 bits per heavy atom. The van der Waals surface area contributed by atoms with Crippen LogP contribution in [0.4, 0.5) is 10.5 Å². The van der Waals surface area contributed by atoms with Gasteiger partial charge in [0, 0.05) is 30.3 Å². The molecule has 1 aliphatic heterocycles. The Morgan fingerprint density at radius 2 is 2.27 bits per heavy atom. The SMILES string of the molecule is Cc1nc(C2CCN(C(=O)Nc3cccc(-c4ncc(C)o4)c3)C2)n[nH]1. The molecule has 2 amide bonds. The van der Waals surface area contributed by atoms with E-state index >= 15 is 0 Å². The molecule has 2 N–H and O–H groups in total. The maximum atomic E-state index is 12.6. The highest BCUT2D eigenvalue weighted by Crippen LogP contribution is 2.26. The fourth-order valence-corrected chi connectivity index (χ4v) is 3.12. The minimum Gasteiger partial charge on any atom is -0.441 e. The van der Waals surface area contributed by atoms with E-state index in [2.05, 4.69) is 25.5 Å². The number of nitrogens with zero attached hydrogens (tertiary/aromatic N) is 4. The number of likely N-dealkylation sites (tertiary alicyclic amines) is 1. The van der Waals surface area contributed by atoms with Gasteiger partial charge in [0.05, 0.1) is 6.20 Å². The molecule has 1 aromatic carbocycles. The van der Waals surface area contributed by atoms with Crippen molar-refractivity contribution < 1.29 is 9.21 Å². The molecule has 0 saturated carbocycles. The zero-order valence-electron chi connectivity index (χ0n) is 14.7. The molecular weight excluding hydrogens is 332 g/mol. The molecule has 134 valence electrons. The van der Waals surface area contributed by atoms with Crippen molar-refractivity contribution in [1.82, 2.24) is 25.1 Å². The third kappa shape index (κ3) is 3.30. The van der Waals surface area contributed by atoms with Crippen molar-refractivity contribution in [3.63, 3.8) is 0 Å². The first-order valence-electron chi connectivity index (χ1n) is 8.56. The Morgan fingerprint density at radius 1 is 1.38 bits per heavy atom. The lowest BCUT2D eigenvalue weighted by atomic mass is 10.1. The number of carbonyl (C=O) groups excluding carboxylic acids is 1. The summed E-state index contributed by atoms with van der Waals surface area (Å²) in [5.74, 6) is 3.03. The summed E-state index contributed by atoms with van der Waals surface area (Å²) in [4.78, 5) is 23.0. The normalized spacial score (nSPS) is 16.8. The molecule has 1 unspecified atom stereocenters. The van der Waals surface area contributed by atoms with E-state index in [1.54, 1.807) is 11.1 Å². The smallest absolute Gasteiger partial charge is 0.321 e. The third-order valence-corrected chi connectivity index (χ3v) is 4.44. The van der Waals surface area contributed by atoms with E-state index in [9.17, 15) is 4.79 Å². The van der Waals surface area contributed by atoms with E-state index in [1.165, 1.54) is 0 Å². The van der Waals surface area contributed by atoms with E-state index in [1.807, 2.05) is 38.1 Å². The number of hydrogen-bond donors (Lipinski definition) is 2. The molecule has 0 radical (unpaired) electrons. The highest BCUT2D eigenvalue weighted by molar-refractivity contribution is 5.90. The fraction of sp³-hybridized carbons (Fsp3) is 0.333. The highest BCUT2D eigenvalue weighted by Gasteiger charge is 2.29. The van der Waals surface area contributed by atoms with Crippen LogP contribution in [0.3, 0.4) is 0 Å². The molecule has 0 aliphatic carbocycles. The van der Waals surface area contributed by atoms with Gasteiger partial charge < -0.3 is 14.6 Å². The first-order chi connectivity index (χ1) is 12.6. The summed E-state index contributed by atoms with van der Waals surface area (Å²) >= 11 is 0. The number of H-pyrrole nitrogens is 1. The van der Waals surface area contributed by atoms with Gasteiger partial charge in [-0.05, 0) is 38.5 Å². The van der Waals surface area contributed by atoms with Crippen LogP contribution in [0.5, 0.6) is 0 Å². The monoisotopic (exact) mass is 352 g/mol. The zero-order chi connectivity index (χ0) is 18.1. The number of aryl methyl sites for hydroxylation is 2. The van der Waals surface area contributed by atoms with Crippen molar-refractivity contribution in [3.05, 3.63) is 47.9 Å². The summed E-state index contributed by atoms with van der Waals surface area (Å²) in [6.45, 7) is 5.02. The number of aromatic amines is 1. The molecule has 8 nitrogen and oxygen atoms in total. The van der Waals surface area contributed by atoms with Gasteiger partial charge in [-0.3, -0.25) is 5.10 Å². The summed E-state index contributed by atoms with van der Waals surface area (Å²) < 4.78 is 5.54. The van der Waals surface area contributed by atoms with Crippen molar-refractivity contribution in [2.75, 3.05) is 18.4 Å². The molecule has 1 saturated heterocycles. The summed E-state index contributed by atoms with van der Waals surface area (Å²) in [7, 11) is 0. The van der Waals surface area contributed by atoms with Crippen LogP contribution in [0.15, 0.2) is 34.9 Å².